The Bertz CT molecular complexity index is 835. The fraction of sp³-hybridized carbons (Fsp3) is 0.312. The zero-order chi connectivity index (χ0) is 15.6. The van der Waals surface area contributed by atoms with Gasteiger partial charge in [-0.2, -0.15) is 0 Å². The van der Waals surface area contributed by atoms with Crippen molar-refractivity contribution < 1.29 is 9.53 Å². The number of rotatable bonds is 3. The van der Waals surface area contributed by atoms with Gasteiger partial charge in [-0.25, -0.2) is 9.97 Å². The second kappa shape index (κ2) is 6.10. The van der Waals surface area contributed by atoms with Crippen molar-refractivity contribution in [1.82, 2.24) is 15.0 Å². The molecule has 0 saturated carbocycles. The molecule has 1 fully saturated rings. The molecule has 0 unspecified atom stereocenters. The number of aromatic nitrogens is 3. The average Bonchev–Trinajstić information content (AvgIpc) is 3.22. The molecule has 0 radical (unpaired) electrons. The number of nitrogens with zero attached hydrogens (tertiary/aromatic N) is 2. The zero-order valence-corrected chi connectivity index (χ0v) is 13.2. The average molecular weight is 328 g/mol. The number of ether oxygens (including phenoxy) is 1. The number of pyridine rings is 1. The van der Waals surface area contributed by atoms with Crippen molar-refractivity contribution in [2.75, 3.05) is 18.5 Å². The van der Waals surface area contributed by atoms with Crippen molar-refractivity contribution in [3.63, 3.8) is 0 Å². The molecule has 4 rings (SSSR count). The lowest BCUT2D eigenvalue weighted by Gasteiger charge is -2.20. The summed E-state index contributed by atoms with van der Waals surface area (Å²) in [6.07, 6.45) is 5.20. The number of fused-ring (bicyclic) bond motifs is 1. The molecule has 1 aliphatic heterocycles. The summed E-state index contributed by atoms with van der Waals surface area (Å²) in [5, 5.41) is 6.54. The molecule has 6 nitrogen and oxygen atoms in total. The van der Waals surface area contributed by atoms with Gasteiger partial charge in [-0.15, -0.1) is 11.3 Å². The maximum absolute atomic E-state index is 12.3. The van der Waals surface area contributed by atoms with Crippen LogP contribution >= 0.6 is 11.3 Å². The number of thiazole rings is 1. The third-order valence-corrected chi connectivity index (χ3v) is 4.81. The van der Waals surface area contributed by atoms with Crippen LogP contribution < -0.4 is 5.32 Å². The van der Waals surface area contributed by atoms with Crippen LogP contribution in [0.4, 0.5) is 5.13 Å². The highest BCUT2D eigenvalue weighted by Gasteiger charge is 2.22. The summed E-state index contributed by atoms with van der Waals surface area (Å²) in [5.41, 5.74) is 2.68. The standard InChI is InChI=1S/C16H16N4O2S/c21-15(10-3-6-22-7-4-10)20-16-19-13(9-23-16)12-8-18-14-11(12)2-1-5-17-14/h1-2,5,8-10H,3-4,6-7H2,(H,17,18)(H,19,20,21). The van der Waals surface area contributed by atoms with Crippen molar-refractivity contribution in [2.24, 2.45) is 5.92 Å². The van der Waals surface area contributed by atoms with Gasteiger partial charge in [0.2, 0.25) is 5.91 Å². The second-order valence-corrected chi connectivity index (χ2v) is 6.37. The van der Waals surface area contributed by atoms with Gasteiger partial charge >= 0.3 is 0 Å². The van der Waals surface area contributed by atoms with Crippen molar-refractivity contribution in [3.8, 4) is 11.3 Å². The van der Waals surface area contributed by atoms with E-state index in [0.717, 1.165) is 35.1 Å². The summed E-state index contributed by atoms with van der Waals surface area (Å²) >= 11 is 1.44. The zero-order valence-electron chi connectivity index (χ0n) is 12.4. The van der Waals surface area contributed by atoms with Crippen LogP contribution in [-0.4, -0.2) is 34.1 Å². The molecule has 4 heterocycles. The Labute approximate surface area is 136 Å². The first-order valence-electron chi connectivity index (χ1n) is 7.58. The fourth-order valence-electron chi connectivity index (χ4n) is 2.79. The normalized spacial score (nSPS) is 15.8. The molecule has 7 heteroatoms. The smallest absolute Gasteiger partial charge is 0.229 e. The molecule has 1 amide bonds. The minimum Gasteiger partial charge on any atom is -0.381 e. The molecule has 1 saturated heterocycles. The van der Waals surface area contributed by atoms with Gasteiger partial charge in [-0.05, 0) is 25.0 Å². The summed E-state index contributed by atoms with van der Waals surface area (Å²) in [5.74, 6) is 0.0585. The number of hydrogen-bond donors (Lipinski definition) is 2. The van der Waals surface area contributed by atoms with Gasteiger partial charge in [-0.3, -0.25) is 4.79 Å². The molecule has 2 N–H and O–H groups in total. The van der Waals surface area contributed by atoms with Crippen LogP contribution in [0.25, 0.3) is 22.3 Å². The molecular weight excluding hydrogens is 312 g/mol. The maximum atomic E-state index is 12.3. The Morgan fingerprint density at radius 2 is 2.26 bits per heavy atom. The SMILES string of the molecule is O=C(Nc1nc(-c2c[nH]c3ncccc23)cs1)C1CCOCC1. The Hall–Kier alpha value is -2.25. The van der Waals surface area contributed by atoms with Gasteiger partial charge in [0.05, 0.1) is 5.69 Å². The van der Waals surface area contributed by atoms with Crippen molar-refractivity contribution >= 4 is 33.4 Å². The van der Waals surface area contributed by atoms with Gasteiger partial charge in [0.25, 0.3) is 0 Å². The van der Waals surface area contributed by atoms with Crippen LogP contribution in [0.2, 0.25) is 0 Å². The van der Waals surface area contributed by atoms with E-state index in [4.69, 9.17) is 4.74 Å². The summed E-state index contributed by atoms with van der Waals surface area (Å²) in [7, 11) is 0. The molecule has 0 aliphatic carbocycles. The lowest BCUT2D eigenvalue weighted by Crippen LogP contribution is -2.28. The molecule has 0 bridgehead atoms. The minimum atomic E-state index is 0.0217. The van der Waals surface area contributed by atoms with Crippen LogP contribution in [0.3, 0.4) is 0 Å². The molecule has 23 heavy (non-hydrogen) atoms. The van der Waals surface area contributed by atoms with E-state index >= 15 is 0 Å². The quantitative estimate of drug-likeness (QED) is 0.774. The number of hydrogen-bond acceptors (Lipinski definition) is 5. The Balaban J connectivity index is 1.53. The molecule has 0 spiro atoms. The van der Waals surface area contributed by atoms with E-state index in [1.54, 1.807) is 6.20 Å². The van der Waals surface area contributed by atoms with Crippen LogP contribution in [-0.2, 0) is 9.53 Å². The molecular formula is C16H16N4O2S. The Kier molecular flexibility index (Phi) is 3.80. The molecule has 118 valence electrons. The molecule has 3 aromatic rings. The van der Waals surface area contributed by atoms with E-state index < -0.39 is 0 Å². The molecule has 1 aliphatic rings. The van der Waals surface area contributed by atoms with E-state index in [9.17, 15) is 4.79 Å². The third kappa shape index (κ3) is 2.85. The van der Waals surface area contributed by atoms with Crippen LogP contribution in [0.15, 0.2) is 29.9 Å². The first-order valence-corrected chi connectivity index (χ1v) is 8.46. The number of anilines is 1. The minimum absolute atomic E-state index is 0.0217. The highest BCUT2D eigenvalue weighted by atomic mass is 32.1. The summed E-state index contributed by atoms with van der Waals surface area (Å²) in [6, 6.07) is 3.91. The first kappa shape index (κ1) is 14.3. The largest absolute Gasteiger partial charge is 0.381 e. The van der Waals surface area contributed by atoms with Crippen LogP contribution in [0, 0.1) is 5.92 Å². The number of amides is 1. The van der Waals surface area contributed by atoms with Gasteiger partial charge in [-0.1, -0.05) is 0 Å². The summed E-state index contributed by atoms with van der Waals surface area (Å²) in [6.45, 7) is 1.31. The maximum Gasteiger partial charge on any atom is 0.229 e. The van der Waals surface area contributed by atoms with E-state index in [-0.39, 0.29) is 11.8 Å². The lowest BCUT2D eigenvalue weighted by molar-refractivity contribution is -0.122. The number of nitrogens with one attached hydrogen (secondary N) is 2. The highest BCUT2D eigenvalue weighted by molar-refractivity contribution is 7.14. The Morgan fingerprint density at radius 3 is 3.13 bits per heavy atom. The fourth-order valence-corrected chi connectivity index (χ4v) is 3.50. The van der Waals surface area contributed by atoms with E-state index in [2.05, 4.69) is 20.3 Å². The van der Waals surface area contributed by atoms with Gasteiger partial charge < -0.3 is 15.0 Å². The third-order valence-electron chi connectivity index (χ3n) is 4.05. The number of H-pyrrole nitrogens is 1. The molecule has 3 aromatic heterocycles. The van der Waals surface area contributed by atoms with E-state index in [1.807, 2.05) is 23.7 Å². The van der Waals surface area contributed by atoms with Crippen molar-refractivity contribution in [2.45, 2.75) is 12.8 Å². The molecule has 0 aromatic carbocycles. The van der Waals surface area contributed by atoms with E-state index in [0.29, 0.717) is 18.3 Å². The summed E-state index contributed by atoms with van der Waals surface area (Å²) < 4.78 is 5.29. The first-order chi connectivity index (χ1) is 11.3. The van der Waals surface area contributed by atoms with Crippen molar-refractivity contribution in [3.05, 3.63) is 29.9 Å². The topological polar surface area (TPSA) is 79.9 Å². The number of carbonyl (C=O) groups is 1. The van der Waals surface area contributed by atoms with Gasteiger partial charge in [0.15, 0.2) is 5.13 Å². The van der Waals surface area contributed by atoms with Crippen LogP contribution in [0.1, 0.15) is 12.8 Å². The lowest BCUT2D eigenvalue weighted by atomic mass is 10.00. The predicted molar refractivity (Wildman–Crippen MR) is 89.4 cm³/mol. The van der Waals surface area contributed by atoms with Gasteiger partial charge in [0, 0.05) is 47.9 Å². The second-order valence-electron chi connectivity index (χ2n) is 5.52. The number of carbonyl (C=O) groups excluding carboxylic acids is 1. The summed E-state index contributed by atoms with van der Waals surface area (Å²) in [4.78, 5) is 24.2. The monoisotopic (exact) mass is 328 g/mol. The van der Waals surface area contributed by atoms with Crippen molar-refractivity contribution in [1.29, 1.82) is 0 Å². The highest BCUT2D eigenvalue weighted by Crippen LogP contribution is 2.30. The van der Waals surface area contributed by atoms with Crippen LogP contribution in [0.5, 0.6) is 0 Å². The number of aromatic amines is 1. The molecule has 0 atom stereocenters. The van der Waals surface area contributed by atoms with Gasteiger partial charge in [0.1, 0.15) is 5.65 Å². The predicted octanol–water partition coefficient (Wildman–Crippen LogP) is 3.05. The van der Waals surface area contributed by atoms with E-state index in [1.165, 1.54) is 11.3 Å². The Morgan fingerprint density at radius 1 is 1.39 bits per heavy atom.